The van der Waals surface area contributed by atoms with Gasteiger partial charge in [-0.05, 0) is 32.7 Å². The number of rotatable bonds is 7. The van der Waals surface area contributed by atoms with E-state index in [0.29, 0.717) is 12.6 Å². The van der Waals surface area contributed by atoms with Crippen LogP contribution in [0.2, 0.25) is 0 Å². The van der Waals surface area contributed by atoms with E-state index in [-0.39, 0.29) is 12.5 Å². The van der Waals surface area contributed by atoms with E-state index in [0.717, 1.165) is 25.9 Å². The third kappa shape index (κ3) is 6.03. The van der Waals surface area contributed by atoms with E-state index >= 15 is 0 Å². The van der Waals surface area contributed by atoms with Gasteiger partial charge in [-0.1, -0.05) is 13.3 Å². The summed E-state index contributed by atoms with van der Waals surface area (Å²) in [7, 11) is 0. The van der Waals surface area contributed by atoms with Crippen molar-refractivity contribution in [2.45, 2.75) is 45.6 Å². The zero-order chi connectivity index (χ0) is 12.5. The number of hydrogen-bond donors (Lipinski definition) is 1. The fourth-order valence-electron chi connectivity index (χ4n) is 2.15. The molecule has 100 valence electrons. The minimum atomic E-state index is 0.0267. The second-order valence-electron chi connectivity index (χ2n) is 4.67. The van der Waals surface area contributed by atoms with Crippen molar-refractivity contribution in [3.8, 4) is 0 Å². The van der Waals surface area contributed by atoms with Gasteiger partial charge in [0, 0.05) is 25.7 Å². The molecule has 0 aromatic carbocycles. The average Bonchev–Trinajstić information content (AvgIpc) is 2.35. The van der Waals surface area contributed by atoms with Crippen LogP contribution in [0, 0.1) is 0 Å². The number of ether oxygens (including phenoxy) is 1. The van der Waals surface area contributed by atoms with Gasteiger partial charge in [0.1, 0.15) is 6.61 Å². The zero-order valence-electron chi connectivity index (χ0n) is 11.2. The summed E-state index contributed by atoms with van der Waals surface area (Å²) < 4.78 is 5.09. The van der Waals surface area contributed by atoms with Crippen molar-refractivity contribution in [3.63, 3.8) is 0 Å². The summed E-state index contributed by atoms with van der Waals surface area (Å²) in [5.74, 6) is 0.0267. The number of amides is 1. The van der Waals surface area contributed by atoms with Crippen LogP contribution in [-0.2, 0) is 9.53 Å². The fourth-order valence-corrected chi connectivity index (χ4v) is 2.15. The van der Waals surface area contributed by atoms with Crippen molar-refractivity contribution < 1.29 is 9.53 Å². The molecule has 1 aliphatic rings. The standard InChI is InChI=1S/C13H26N2O2/c1-3-5-8-15-9-6-12(7-10-15)14-13(16)11-17-4-2/h12H,3-11H2,1-2H3,(H,14,16). The Morgan fingerprint density at radius 1 is 1.35 bits per heavy atom. The number of piperidine rings is 1. The first-order valence-electron chi connectivity index (χ1n) is 6.85. The third-order valence-electron chi connectivity index (χ3n) is 3.22. The Morgan fingerprint density at radius 3 is 2.65 bits per heavy atom. The van der Waals surface area contributed by atoms with Crippen LogP contribution in [0.5, 0.6) is 0 Å². The van der Waals surface area contributed by atoms with E-state index in [4.69, 9.17) is 4.74 Å². The topological polar surface area (TPSA) is 41.6 Å². The summed E-state index contributed by atoms with van der Waals surface area (Å²) >= 11 is 0. The Hall–Kier alpha value is -0.610. The number of nitrogens with zero attached hydrogens (tertiary/aromatic N) is 1. The summed E-state index contributed by atoms with van der Waals surface area (Å²) in [6.45, 7) is 8.35. The molecule has 4 nitrogen and oxygen atoms in total. The van der Waals surface area contributed by atoms with Crippen LogP contribution in [0.15, 0.2) is 0 Å². The van der Waals surface area contributed by atoms with Crippen LogP contribution in [0.4, 0.5) is 0 Å². The molecule has 0 aliphatic carbocycles. The molecule has 0 atom stereocenters. The van der Waals surface area contributed by atoms with E-state index in [1.807, 2.05) is 6.92 Å². The summed E-state index contributed by atoms with van der Waals surface area (Å²) in [4.78, 5) is 14.0. The minimum absolute atomic E-state index is 0.0267. The lowest BCUT2D eigenvalue weighted by Gasteiger charge is -2.32. The quantitative estimate of drug-likeness (QED) is 0.734. The first-order chi connectivity index (χ1) is 8.26. The van der Waals surface area contributed by atoms with E-state index in [1.54, 1.807) is 0 Å². The Balaban J connectivity index is 2.12. The number of likely N-dealkylation sites (tertiary alicyclic amines) is 1. The normalized spacial score (nSPS) is 18.2. The van der Waals surface area contributed by atoms with Crippen molar-refractivity contribution in [3.05, 3.63) is 0 Å². The highest BCUT2D eigenvalue weighted by atomic mass is 16.5. The molecule has 0 saturated carbocycles. The molecular formula is C13H26N2O2. The van der Waals surface area contributed by atoms with E-state index < -0.39 is 0 Å². The second-order valence-corrected chi connectivity index (χ2v) is 4.67. The molecule has 4 heteroatoms. The summed E-state index contributed by atoms with van der Waals surface area (Å²) in [5, 5.41) is 3.04. The predicted molar refractivity (Wildman–Crippen MR) is 69.0 cm³/mol. The van der Waals surface area contributed by atoms with E-state index in [9.17, 15) is 4.79 Å². The molecule has 0 spiro atoms. The lowest BCUT2D eigenvalue weighted by molar-refractivity contribution is -0.126. The van der Waals surface area contributed by atoms with Crippen molar-refractivity contribution >= 4 is 5.91 Å². The average molecular weight is 242 g/mol. The van der Waals surface area contributed by atoms with Gasteiger partial charge >= 0.3 is 0 Å². The van der Waals surface area contributed by atoms with Crippen molar-refractivity contribution in [2.24, 2.45) is 0 Å². The van der Waals surface area contributed by atoms with Gasteiger partial charge in [-0.15, -0.1) is 0 Å². The second kappa shape index (κ2) is 8.48. The smallest absolute Gasteiger partial charge is 0.246 e. The maximum absolute atomic E-state index is 11.5. The van der Waals surface area contributed by atoms with Crippen molar-refractivity contribution in [2.75, 3.05) is 32.8 Å². The molecule has 0 unspecified atom stereocenters. The lowest BCUT2D eigenvalue weighted by Crippen LogP contribution is -2.45. The monoisotopic (exact) mass is 242 g/mol. The maximum Gasteiger partial charge on any atom is 0.246 e. The molecule has 1 heterocycles. The summed E-state index contributed by atoms with van der Waals surface area (Å²) in [6, 6.07) is 0.348. The van der Waals surface area contributed by atoms with Crippen LogP contribution >= 0.6 is 0 Å². The van der Waals surface area contributed by atoms with Gasteiger partial charge in [0.2, 0.25) is 5.91 Å². The molecule has 1 amide bonds. The number of hydrogen-bond acceptors (Lipinski definition) is 3. The largest absolute Gasteiger partial charge is 0.372 e. The Labute approximate surface area is 105 Å². The van der Waals surface area contributed by atoms with Crippen LogP contribution in [-0.4, -0.2) is 49.7 Å². The maximum atomic E-state index is 11.5. The Morgan fingerprint density at radius 2 is 2.06 bits per heavy atom. The third-order valence-corrected chi connectivity index (χ3v) is 3.22. The van der Waals surface area contributed by atoms with Gasteiger partial charge in [0.15, 0.2) is 0 Å². The molecule has 1 fully saturated rings. The van der Waals surface area contributed by atoms with Gasteiger partial charge in [0.05, 0.1) is 0 Å². The Kier molecular flexibility index (Phi) is 7.21. The zero-order valence-corrected chi connectivity index (χ0v) is 11.2. The molecule has 0 aromatic heterocycles. The highest BCUT2D eigenvalue weighted by molar-refractivity contribution is 5.77. The van der Waals surface area contributed by atoms with Gasteiger partial charge in [0.25, 0.3) is 0 Å². The van der Waals surface area contributed by atoms with Crippen LogP contribution in [0.25, 0.3) is 0 Å². The first-order valence-corrected chi connectivity index (χ1v) is 6.85. The SMILES string of the molecule is CCCCN1CCC(NC(=O)COCC)CC1. The molecule has 1 N–H and O–H groups in total. The molecule has 1 saturated heterocycles. The number of unbranched alkanes of at least 4 members (excludes halogenated alkanes) is 1. The molecule has 1 rings (SSSR count). The highest BCUT2D eigenvalue weighted by Crippen LogP contribution is 2.10. The van der Waals surface area contributed by atoms with Gasteiger partial charge in [-0.25, -0.2) is 0 Å². The minimum Gasteiger partial charge on any atom is -0.372 e. The number of nitrogens with one attached hydrogen (secondary N) is 1. The first kappa shape index (κ1) is 14.5. The van der Waals surface area contributed by atoms with Crippen LogP contribution in [0.3, 0.4) is 0 Å². The van der Waals surface area contributed by atoms with Crippen LogP contribution < -0.4 is 5.32 Å². The van der Waals surface area contributed by atoms with Gasteiger partial charge in [-0.2, -0.15) is 0 Å². The molecule has 0 aromatic rings. The molecule has 0 bridgehead atoms. The fraction of sp³-hybridized carbons (Fsp3) is 0.923. The van der Waals surface area contributed by atoms with Gasteiger partial charge < -0.3 is 15.0 Å². The van der Waals surface area contributed by atoms with Crippen molar-refractivity contribution in [1.29, 1.82) is 0 Å². The number of carbonyl (C=O) groups excluding carboxylic acids is 1. The lowest BCUT2D eigenvalue weighted by atomic mass is 10.0. The Bertz CT molecular complexity index is 213. The van der Waals surface area contributed by atoms with Crippen molar-refractivity contribution in [1.82, 2.24) is 10.2 Å². The summed E-state index contributed by atoms with van der Waals surface area (Å²) in [6.07, 6.45) is 4.68. The van der Waals surface area contributed by atoms with Crippen LogP contribution in [0.1, 0.15) is 39.5 Å². The highest BCUT2D eigenvalue weighted by Gasteiger charge is 2.19. The molecule has 17 heavy (non-hydrogen) atoms. The van der Waals surface area contributed by atoms with Gasteiger partial charge in [-0.3, -0.25) is 4.79 Å². The molecular weight excluding hydrogens is 216 g/mol. The van der Waals surface area contributed by atoms with E-state index in [2.05, 4.69) is 17.1 Å². The molecule has 0 radical (unpaired) electrons. The molecule has 1 aliphatic heterocycles. The van der Waals surface area contributed by atoms with E-state index in [1.165, 1.54) is 19.4 Å². The number of carbonyl (C=O) groups is 1. The predicted octanol–water partition coefficient (Wildman–Crippen LogP) is 1.40. The summed E-state index contributed by atoms with van der Waals surface area (Å²) in [5.41, 5.74) is 0.